The Morgan fingerprint density at radius 3 is 1.81 bits per heavy atom. The molecule has 0 aliphatic carbocycles. The number of nitrogens with zero attached hydrogens (tertiary/aromatic N) is 1. The van der Waals surface area contributed by atoms with Crippen LogP contribution in [-0.4, -0.2) is 29.3 Å². The fourth-order valence-corrected chi connectivity index (χ4v) is 3.85. The zero-order chi connectivity index (χ0) is 22.8. The Morgan fingerprint density at radius 2 is 1.31 bits per heavy atom. The van der Waals surface area contributed by atoms with Gasteiger partial charge in [0.25, 0.3) is 0 Å². The van der Waals surface area contributed by atoms with E-state index in [4.69, 9.17) is 0 Å². The largest absolute Gasteiger partial charge is 0.354 e. The minimum absolute atomic E-state index is 0.0364. The lowest BCUT2D eigenvalue weighted by Gasteiger charge is -2.30. The zero-order valence-corrected chi connectivity index (χ0v) is 18.9. The van der Waals surface area contributed by atoms with Crippen LogP contribution in [0.5, 0.6) is 0 Å². The van der Waals surface area contributed by atoms with Crippen LogP contribution in [0.4, 0.5) is 0 Å². The molecule has 3 rings (SSSR count). The molecule has 3 aromatic carbocycles. The molecule has 0 spiro atoms. The lowest BCUT2D eigenvalue weighted by molar-refractivity contribution is -0.140. The summed E-state index contributed by atoms with van der Waals surface area (Å²) in [7, 11) is 0. The van der Waals surface area contributed by atoms with E-state index >= 15 is 0 Å². The van der Waals surface area contributed by atoms with Crippen molar-refractivity contribution in [2.24, 2.45) is 0 Å². The van der Waals surface area contributed by atoms with Gasteiger partial charge in [-0.2, -0.15) is 0 Å². The van der Waals surface area contributed by atoms with E-state index in [1.807, 2.05) is 80.6 Å². The molecule has 4 heteroatoms. The zero-order valence-electron chi connectivity index (χ0n) is 18.9. The molecule has 0 saturated heterocycles. The third kappa shape index (κ3) is 6.30. The molecule has 0 saturated carbocycles. The number of amides is 2. The highest BCUT2D eigenvalue weighted by molar-refractivity contribution is 5.87. The third-order valence-corrected chi connectivity index (χ3v) is 5.69. The molecule has 0 unspecified atom stereocenters. The molecule has 0 aliphatic heterocycles. The summed E-state index contributed by atoms with van der Waals surface area (Å²) < 4.78 is 0. The van der Waals surface area contributed by atoms with E-state index in [1.54, 1.807) is 4.90 Å². The monoisotopic (exact) mass is 428 g/mol. The van der Waals surface area contributed by atoms with Gasteiger partial charge in [-0.05, 0) is 30.0 Å². The summed E-state index contributed by atoms with van der Waals surface area (Å²) in [5.41, 5.74) is 3.19. The highest BCUT2D eigenvalue weighted by Gasteiger charge is 2.28. The highest BCUT2D eigenvalue weighted by atomic mass is 16.2. The van der Waals surface area contributed by atoms with Gasteiger partial charge in [-0.25, -0.2) is 0 Å². The van der Waals surface area contributed by atoms with E-state index in [1.165, 1.54) is 0 Å². The van der Waals surface area contributed by atoms with Crippen LogP contribution in [0.25, 0.3) is 0 Å². The number of hydrogen-bond donors (Lipinski definition) is 1. The first-order chi connectivity index (χ1) is 15.6. The van der Waals surface area contributed by atoms with Crippen LogP contribution in [0.2, 0.25) is 0 Å². The number of carbonyl (C=O) groups excluding carboxylic acids is 2. The van der Waals surface area contributed by atoms with Gasteiger partial charge in [0.2, 0.25) is 11.8 Å². The van der Waals surface area contributed by atoms with Crippen molar-refractivity contribution in [2.45, 2.75) is 45.2 Å². The Bertz CT molecular complexity index is 935. The van der Waals surface area contributed by atoms with Crippen molar-refractivity contribution in [2.75, 3.05) is 6.54 Å². The maximum atomic E-state index is 13.7. The summed E-state index contributed by atoms with van der Waals surface area (Å²) in [5.74, 6) is -0.230. The molecule has 0 aromatic heterocycles. The number of nitrogens with one attached hydrogen (secondary N) is 1. The van der Waals surface area contributed by atoms with Crippen molar-refractivity contribution in [3.05, 3.63) is 108 Å². The number of carbonyl (C=O) groups is 2. The van der Waals surface area contributed by atoms with Gasteiger partial charge in [-0.1, -0.05) is 97.9 Å². The van der Waals surface area contributed by atoms with Crippen LogP contribution in [0.1, 0.15) is 49.3 Å². The smallest absolute Gasteiger partial charge is 0.242 e. The molecule has 1 N–H and O–H groups in total. The van der Waals surface area contributed by atoms with Crippen LogP contribution >= 0.6 is 0 Å². The van der Waals surface area contributed by atoms with E-state index in [0.717, 1.165) is 23.1 Å². The Hall–Kier alpha value is -3.40. The quantitative estimate of drug-likeness (QED) is 0.485. The van der Waals surface area contributed by atoms with E-state index < -0.39 is 6.04 Å². The summed E-state index contributed by atoms with van der Waals surface area (Å²) in [4.78, 5) is 28.1. The second kappa shape index (κ2) is 11.8. The van der Waals surface area contributed by atoms with Gasteiger partial charge in [0.1, 0.15) is 6.04 Å². The molecule has 0 fully saturated rings. The standard InChI is InChI=1S/C28H32N2O2/c1-3-19-29-28(32)22(2)30(21-23-13-7-4-8-14-23)27(31)20-26(24-15-9-5-10-16-24)25-17-11-6-12-18-25/h4-18,22,26H,3,19-21H2,1-2H3,(H,29,32)/t22-/m1/s1. The molecule has 0 bridgehead atoms. The number of benzene rings is 3. The van der Waals surface area contributed by atoms with Crippen molar-refractivity contribution in [3.63, 3.8) is 0 Å². The fourth-order valence-electron chi connectivity index (χ4n) is 3.85. The molecule has 1 atom stereocenters. The average Bonchev–Trinajstić information content (AvgIpc) is 2.85. The van der Waals surface area contributed by atoms with Crippen LogP contribution < -0.4 is 5.32 Å². The molecule has 166 valence electrons. The Labute approximate surface area is 191 Å². The summed E-state index contributed by atoms with van der Waals surface area (Å²) in [6.07, 6.45) is 1.15. The van der Waals surface area contributed by atoms with Gasteiger partial charge < -0.3 is 10.2 Å². The number of rotatable bonds is 10. The van der Waals surface area contributed by atoms with Gasteiger partial charge in [-0.3, -0.25) is 9.59 Å². The molecule has 0 radical (unpaired) electrons. The first-order valence-corrected chi connectivity index (χ1v) is 11.3. The molecule has 3 aromatic rings. The molecule has 0 heterocycles. The summed E-state index contributed by atoms with van der Waals surface area (Å²) in [6, 6.07) is 29.5. The van der Waals surface area contributed by atoms with Crippen LogP contribution in [-0.2, 0) is 16.1 Å². The van der Waals surface area contributed by atoms with E-state index in [0.29, 0.717) is 19.5 Å². The van der Waals surface area contributed by atoms with Crippen LogP contribution in [0.3, 0.4) is 0 Å². The second-order valence-corrected chi connectivity index (χ2v) is 8.05. The Balaban J connectivity index is 1.88. The van der Waals surface area contributed by atoms with Crippen molar-refractivity contribution in [1.29, 1.82) is 0 Å². The van der Waals surface area contributed by atoms with E-state index in [9.17, 15) is 9.59 Å². The predicted octanol–water partition coefficient (Wildman–Crippen LogP) is 5.15. The molecule has 0 aliphatic rings. The average molecular weight is 429 g/mol. The van der Waals surface area contributed by atoms with Gasteiger partial charge in [0.05, 0.1) is 0 Å². The number of hydrogen-bond acceptors (Lipinski definition) is 2. The van der Waals surface area contributed by atoms with Crippen molar-refractivity contribution in [1.82, 2.24) is 10.2 Å². The summed E-state index contributed by atoms with van der Waals surface area (Å²) >= 11 is 0. The Kier molecular flexibility index (Phi) is 8.61. The summed E-state index contributed by atoms with van der Waals surface area (Å²) in [6.45, 7) is 4.83. The molecule has 2 amide bonds. The SMILES string of the molecule is CCCNC(=O)[C@@H](C)N(Cc1ccccc1)C(=O)CC(c1ccccc1)c1ccccc1. The fraction of sp³-hybridized carbons (Fsp3) is 0.286. The molecule has 32 heavy (non-hydrogen) atoms. The summed E-state index contributed by atoms with van der Waals surface area (Å²) in [5, 5.41) is 2.94. The minimum atomic E-state index is -0.554. The third-order valence-electron chi connectivity index (χ3n) is 5.69. The van der Waals surface area contributed by atoms with Gasteiger partial charge in [0, 0.05) is 25.4 Å². The lowest BCUT2D eigenvalue weighted by atomic mass is 9.88. The van der Waals surface area contributed by atoms with Crippen LogP contribution in [0, 0.1) is 0 Å². The first-order valence-electron chi connectivity index (χ1n) is 11.3. The molecular weight excluding hydrogens is 396 g/mol. The van der Waals surface area contributed by atoms with Crippen molar-refractivity contribution in [3.8, 4) is 0 Å². The Morgan fingerprint density at radius 1 is 0.812 bits per heavy atom. The lowest BCUT2D eigenvalue weighted by Crippen LogP contribution is -2.48. The molecule has 4 nitrogen and oxygen atoms in total. The van der Waals surface area contributed by atoms with Crippen molar-refractivity contribution >= 4 is 11.8 Å². The maximum Gasteiger partial charge on any atom is 0.242 e. The van der Waals surface area contributed by atoms with E-state index in [-0.39, 0.29) is 17.7 Å². The molecular formula is C28H32N2O2. The highest BCUT2D eigenvalue weighted by Crippen LogP contribution is 2.29. The minimum Gasteiger partial charge on any atom is -0.354 e. The van der Waals surface area contributed by atoms with Gasteiger partial charge in [0.15, 0.2) is 0 Å². The topological polar surface area (TPSA) is 49.4 Å². The van der Waals surface area contributed by atoms with Crippen LogP contribution in [0.15, 0.2) is 91.0 Å². The first kappa shape index (κ1) is 23.3. The van der Waals surface area contributed by atoms with E-state index in [2.05, 4.69) is 29.6 Å². The van der Waals surface area contributed by atoms with Crippen molar-refractivity contribution < 1.29 is 9.59 Å². The van der Waals surface area contributed by atoms with Gasteiger partial charge >= 0.3 is 0 Å². The van der Waals surface area contributed by atoms with Gasteiger partial charge in [-0.15, -0.1) is 0 Å². The normalized spacial score (nSPS) is 11.7. The maximum absolute atomic E-state index is 13.7. The predicted molar refractivity (Wildman–Crippen MR) is 129 cm³/mol. The second-order valence-electron chi connectivity index (χ2n) is 8.05.